The Labute approximate surface area is 125 Å². The minimum absolute atomic E-state index is 0.364. The molecule has 0 heterocycles. The predicted octanol–water partition coefficient (Wildman–Crippen LogP) is 2.47. The SMILES string of the molecule is CNC(c1ccccc1)C(C(C)C)N(C)CCN(C)C. The van der Waals surface area contributed by atoms with Crippen molar-refractivity contribution < 1.29 is 0 Å². The number of likely N-dealkylation sites (N-methyl/N-ethyl adjacent to an activating group) is 3. The van der Waals surface area contributed by atoms with E-state index in [4.69, 9.17) is 0 Å². The van der Waals surface area contributed by atoms with Crippen molar-refractivity contribution >= 4 is 0 Å². The largest absolute Gasteiger partial charge is 0.312 e. The monoisotopic (exact) mass is 277 g/mol. The van der Waals surface area contributed by atoms with E-state index >= 15 is 0 Å². The van der Waals surface area contributed by atoms with E-state index in [1.807, 2.05) is 0 Å². The quantitative estimate of drug-likeness (QED) is 0.787. The van der Waals surface area contributed by atoms with Gasteiger partial charge in [0, 0.05) is 25.2 Å². The summed E-state index contributed by atoms with van der Waals surface area (Å²) in [5, 5.41) is 3.51. The summed E-state index contributed by atoms with van der Waals surface area (Å²) in [6.07, 6.45) is 0. The second kappa shape index (κ2) is 8.40. The van der Waals surface area contributed by atoms with Crippen LogP contribution < -0.4 is 5.32 Å². The first-order chi connectivity index (χ1) is 9.47. The average molecular weight is 277 g/mol. The van der Waals surface area contributed by atoms with Crippen LogP contribution in [0.2, 0.25) is 0 Å². The molecule has 1 N–H and O–H groups in total. The Morgan fingerprint density at radius 3 is 2.05 bits per heavy atom. The first kappa shape index (κ1) is 17.2. The molecule has 0 fully saturated rings. The van der Waals surface area contributed by atoms with Gasteiger partial charge in [0.15, 0.2) is 0 Å². The van der Waals surface area contributed by atoms with E-state index in [1.165, 1.54) is 5.56 Å². The van der Waals surface area contributed by atoms with Crippen LogP contribution in [0.3, 0.4) is 0 Å². The van der Waals surface area contributed by atoms with Crippen LogP contribution in [0, 0.1) is 5.92 Å². The fraction of sp³-hybridized carbons (Fsp3) is 0.647. The summed E-state index contributed by atoms with van der Waals surface area (Å²) < 4.78 is 0. The lowest BCUT2D eigenvalue weighted by Gasteiger charge is -2.38. The van der Waals surface area contributed by atoms with Crippen molar-refractivity contribution in [2.75, 3.05) is 41.3 Å². The molecule has 3 heteroatoms. The molecule has 20 heavy (non-hydrogen) atoms. The lowest BCUT2D eigenvalue weighted by Crippen LogP contribution is -2.47. The minimum atomic E-state index is 0.364. The van der Waals surface area contributed by atoms with Crippen molar-refractivity contribution in [1.29, 1.82) is 0 Å². The molecule has 0 aliphatic carbocycles. The molecule has 0 bridgehead atoms. The van der Waals surface area contributed by atoms with Gasteiger partial charge < -0.3 is 10.2 Å². The number of benzene rings is 1. The summed E-state index contributed by atoms with van der Waals surface area (Å²) in [7, 11) is 8.56. The highest BCUT2D eigenvalue weighted by Crippen LogP contribution is 2.25. The number of nitrogens with one attached hydrogen (secondary N) is 1. The maximum Gasteiger partial charge on any atom is 0.0478 e. The van der Waals surface area contributed by atoms with Crippen molar-refractivity contribution in [3.8, 4) is 0 Å². The van der Waals surface area contributed by atoms with Gasteiger partial charge in [0.1, 0.15) is 0 Å². The van der Waals surface area contributed by atoms with E-state index in [0.29, 0.717) is 18.0 Å². The topological polar surface area (TPSA) is 18.5 Å². The Morgan fingerprint density at radius 2 is 1.60 bits per heavy atom. The number of nitrogens with zero attached hydrogens (tertiary/aromatic N) is 2. The van der Waals surface area contributed by atoms with Gasteiger partial charge in [-0.3, -0.25) is 4.90 Å². The van der Waals surface area contributed by atoms with Crippen LogP contribution >= 0.6 is 0 Å². The molecule has 2 atom stereocenters. The van der Waals surface area contributed by atoms with Crippen LogP contribution in [0.25, 0.3) is 0 Å². The van der Waals surface area contributed by atoms with Crippen LogP contribution in [0.15, 0.2) is 30.3 Å². The predicted molar refractivity (Wildman–Crippen MR) is 88.1 cm³/mol. The zero-order chi connectivity index (χ0) is 15.1. The smallest absolute Gasteiger partial charge is 0.0478 e. The van der Waals surface area contributed by atoms with Gasteiger partial charge >= 0.3 is 0 Å². The van der Waals surface area contributed by atoms with Gasteiger partial charge in [0.05, 0.1) is 0 Å². The summed E-state index contributed by atoms with van der Waals surface area (Å²) in [4.78, 5) is 4.73. The van der Waals surface area contributed by atoms with Gasteiger partial charge in [-0.2, -0.15) is 0 Å². The molecular formula is C17H31N3. The molecule has 0 radical (unpaired) electrons. The van der Waals surface area contributed by atoms with E-state index in [9.17, 15) is 0 Å². The van der Waals surface area contributed by atoms with Crippen LogP contribution in [0.1, 0.15) is 25.5 Å². The van der Waals surface area contributed by atoms with Crippen LogP contribution in [-0.4, -0.2) is 57.1 Å². The Bertz CT molecular complexity index is 362. The molecule has 1 rings (SSSR count). The Hall–Kier alpha value is -0.900. The summed E-state index contributed by atoms with van der Waals surface area (Å²) >= 11 is 0. The Kier molecular flexibility index (Phi) is 7.20. The van der Waals surface area contributed by atoms with Crippen molar-refractivity contribution in [2.45, 2.75) is 25.9 Å². The van der Waals surface area contributed by atoms with E-state index in [0.717, 1.165) is 13.1 Å². The molecule has 0 aromatic heterocycles. The van der Waals surface area contributed by atoms with E-state index < -0.39 is 0 Å². The third kappa shape index (κ3) is 4.89. The van der Waals surface area contributed by atoms with Gasteiger partial charge in [-0.25, -0.2) is 0 Å². The van der Waals surface area contributed by atoms with Gasteiger partial charge in [-0.05, 0) is 39.7 Å². The van der Waals surface area contributed by atoms with Crippen LogP contribution in [0.4, 0.5) is 0 Å². The molecular weight excluding hydrogens is 246 g/mol. The van der Waals surface area contributed by atoms with E-state index in [-0.39, 0.29) is 0 Å². The molecule has 0 spiro atoms. The highest BCUT2D eigenvalue weighted by Gasteiger charge is 2.28. The third-order valence-electron chi connectivity index (χ3n) is 3.90. The number of hydrogen-bond acceptors (Lipinski definition) is 3. The standard InChI is InChI=1S/C17H31N3/c1-14(2)17(20(6)13-12-19(4)5)16(18-3)15-10-8-7-9-11-15/h7-11,14,16-18H,12-13H2,1-6H3. The highest BCUT2D eigenvalue weighted by molar-refractivity contribution is 5.21. The van der Waals surface area contributed by atoms with E-state index in [2.05, 4.69) is 87.5 Å². The third-order valence-corrected chi connectivity index (χ3v) is 3.90. The van der Waals surface area contributed by atoms with Gasteiger partial charge in [0.25, 0.3) is 0 Å². The first-order valence-electron chi connectivity index (χ1n) is 7.54. The second-order valence-corrected chi connectivity index (χ2v) is 6.20. The van der Waals surface area contributed by atoms with Crippen molar-refractivity contribution in [1.82, 2.24) is 15.1 Å². The molecule has 0 amide bonds. The van der Waals surface area contributed by atoms with Crippen molar-refractivity contribution in [3.05, 3.63) is 35.9 Å². The lowest BCUT2D eigenvalue weighted by atomic mass is 9.90. The maximum absolute atomic E-state index is 3.51. The molecule has 3 nitrogen and oxygen atoms in total. The zero-order valence-electron chi connectivity index (χ0n) is 13.9. The summed E-state index contributed by atoms with van der Waals surface area (Å²) in [5.74, 6) is 0.597. The highest BCUT2D eigenvalue weighted by atomic mass is 15.2. The molecule has 1 aromatic carbocycles. The molecule has 0 aliphatic heterocycles. The summed E-state index contributed by atoms with van der Waals surface area (Å²) in [5.41, 5.74) is 1.37. The summed E-state index contributed by atoms with van der Waals surface area (Å²) in [6.45, 7) is 6.79. The Balaban J connectivity index is 2.87. The lowest BCUT2D eigenvalue weighted by molar-refractivity contribution is 0.139. The van der Waals surface area contributed by atoms with Gasteiger partial charge in [-0.15, -0.1) is 0 Å². The molecule has 114 valence electrons. The van der Waals surface area contributed by atoms with E-state index in [1.54, 1.807) is 0 Å². The fourth-order valence-corrected chi connectivity index (χ4v) is 2.85. The number of rotatable bonds is 8. The van der Waals surface area contributed by atoms with Crippen LogP contribution in [0.5, 0.6) is 0 Å². The average Bonchev–Trinajstić information content (AvgIpc) is 2.42. The summed E-state index contributed by atoms with van der Waals surface area (Å²) in [6, 6.07) is 11.6. The molecule has 0 aliphatic rings. The molecule has 2 unspecified atom stereocenters. The maximum atomic E-state index is 3.51. The number of hydrogen-bond donors (Lipinski definition) is 1. The first-order valence-corrected chi connectivity index (χ1v) is 7.54. The Morgan fingerprint density at radius 1 is 1.00 bits per heavy atom. The molecule has 0 saturated heterocycles. The molecule has 0 saturated carbocycles. The minimum Gasteiger partial charge on any atom is -0.312 e. The zero-order valence-corrected chi connectivity index (χ0v) is 13.9. The second-order valence-electron chi connectivity index (χ2n) is 6.20. The van der Waals surface area contributed by atoms with Crippen molar-refractivity contribution in [3.63, 3.8) is 0 Å². The van der Waals surface area contributed by atoms with Crippen molar-refractivity contribution in [2.24, 2.45) is 5.92 Å². The van der Waals surface area contributed by atoms with Gasteiger partial charge in [-0.1, -0.05) is 44.2 Å². The normalized spacial score (nSPS) is 15.1. The fourth-order valence-electron chi connectivity index (χ4n) is 2.85. The van der Waals surface area contributed by atoms with Gasteiger partial charge in [0.2, 0.25) is 0 Å². The van der Waals surface area contributed by atoms with Crippen LogP contribution in [-0.2, 0) is 0 Å². The molecule has 1 aromatic rings.